The second-order valence-electron chi connectivity index (χ2n) is 4.69. The summed E-state index contributed by atoms with van der Waals surface area (Å²) in [5, 5.41) is 1.95. The molecule has 0 amide bonds. The largest absolute Gasteiger partial charge is 0.327 e. The first-order valence-electron chi connectivity index (χ1n) is 6.86. The molecule has 0 aliphatic rings. The van der Waals surface area contributed by atoms with Crippen molar-refractivity contribution in [1.82, 2.24) is 10.4 Å². The van der Waals surface area contributed by atoms with E-state index in [1.54, 1.807) is 0 Å². The Kier molecular flexibility index (Phi) is 12.2. The molecule has 0 aromatic rings. The van der Waals surface area contributed by atoms with Crippen LogP contribution < -0.4 is 5.43 Å². The lowest BCUT2D eigenvalue weighted by Gasteiger charge is -2.07. The van der Waals surface area contributed by atoms with E-state index < -0.39 is 0 Å². The fourth-order valence-electron chi connectivity index (χ4n) is 1.68. The minimum Gasteiger partial charge on any atom is -0.327 e. The maximum Gasteiger partial charge on any atom is 0.00874 e. The van der Waals surface area contributed by atoms with Crippen molar-refractivity contribution in [2.75, 3.05) is 14.1 Å². The predicted molar refractivity (Wildman–Crippen MR) is 73.2 cm³/mol. The predicted octanol–water partition coefficient (Wildman–Crippen LogP) is 4.10. The fourth-order valence-corrected chi connectivity index (χ4v) is 1.68. The summed E-state index contributed by atoms with van der Waals surface area (Å²) < 4.78 is 0. The summed E-state index contributed by atoms with van der Waals surface area (Å²) in [6.07, 6.45) is 16.7. The normalized spacial score (nSPS) is 11.5. The van der Waals surface area contributed by atoms with E-state index in [0.717, 1.165) is 0 Å². The molecule has 0 heterocycles. The Labute approximate surface area is 102 Å². The third-order valence-electron chi connectivity index (χ3n) is 2.67. The molecule has 0 saturated carbocycles. The van der Waals surface area contributed by atoms with E-state index in [0.29, 0.717) is 0 Å². The van der Waals surface area contributed by atoms with Gasteiger partial charge in [0, 0.05) is 20.3 Å². The lowest BCUT2D eigenvalue weighted by atomic mass is 10.1. The van der Waals surface area contributed by atoms with E-state index >= 15 is 0 Å². The van der Waals surface area contributed by atoms with Crippen molar-refractivity contribution in [3.8, 4) is 0 Å². The number of nitrogens with one attached hydrogen (secondary N) is 1. The van der Waals surface area contributed by atoms with Crippen molar-refractivity contribution in [1.29, 1.82) is 0 Å². The quantitative estimate of drug-likeness (QED) is 0.421. The highest BCUT2D eigenvalue weighted by Crippen LogP contribution is 2.09. The van der Waals surface area contributed by atoms with E-state index in [1.165, 1.54) is 57.8 Å². The van der Waals surface area contributed by atoms with Crippen molar-refractivity contribution in [2.24, 2.45) is 0 Å². The monoisotopic (exact) mass is 226 g/mol. The Balaban J connectivity index is 3.01. The van der Waals surface area contributed by atoms with E-state index in [2.05, 4.69) is 18.4 Å². The molecular weight excluding hydrogens is 196 g/mol. The van der Waals surface area contributed by atoms with Gasteiger partial charge in [0.05, 0.1) is 0 Å². The molecule has 0 aliphatic carbocycles. The average molecular weight is 226 g/mol. The van der Waals surface area contributed by atoms with Crippen LogP contribution in [-0.2, 0) is 0 Å². The highest BCUT2D eigenvalue weighted by Gasteiger charge is 1.90. The van der Waals surface area contributed by atoms with Crippen molar-refractivity contribution in [3.05, 3.63) is 12.3 Å². The molecule has 0 saturated heterocycles. The number of unbranched alkanes of at least 4 members (excludes halogenated alkanes) is 8. The van der Waals surface area contributed by atoms with Gasteiger partial charge in [-0.2, -0.15) is 0 Å². The zero-order valence-electron chi connectivity index (χ0n) is 11.5. The Morgan fingerprint density at radius 1 is 0.875 bits per heavy atom. The molecule has 0 atom stereocenters. The molecule has 0 spiro atoms. The van der Waals surface area contributed by atoms with Crippen LogP contribution in [0.4, 0.5) is 0 Å². The molecule has 2 nitrogen and oxygen atoms in total. The van der Waals surface area contributed by atoms with Crippen LogP contribution in [0.2, 0.25) is 0 Å². The maximum atomic E-state index is 3.12. The number of hydrogen-bond donors (Lipinski definition) is 1. The molecule has 0 radical (unpaired) electrons. The summed E-state index contributed by atoms with van der Waals surface area (Å²) in [6, 6.07) is 0. The standard InChI is InChI=1S/C14H30N2/c1-4-5-6-7-8-9-10-11-12-13-14-15-16(2)3/h13-15H,4-12H2,1-3H3/b14-13+. The minimum absolute atomic E-state index is 1.20. The first kappa shape index (κ1) is 15.5. The third-order valence-corrected chi connectivity index (χ3v) is 2.67. The second-order valence-corrected chi connectivity index (χ2v) is 4.69. The first-order valence-corrected chi connectivity index (χ1v) is 6.86. The van der Waals surface area contributed by atoms with Gasteiger partial charge in [0.2, 0.25) is 0 Å². The molecule has 0 unspecified atom stereocenters. The molecule has 0 rings (SSSR count). The second kappa shape index (κ2) is 12.6. The van der Waals surface area contributed by atoms with Gasteiger partial charge < -0.3 is 5.43 Å². The van der Waals surface area contributed by atoms with Crippen molar-refractivity contribution < 1.29 is 0 Å². The number of allylic oxidation sites excluding steroid dienone is 1. The fraction of sp³-hybridized carbons (Fsp3) is 0.857. The van der Waals surface area contributed by atoms with Gasteiger partial charge in [-0.05, 0) is 12.8 Å². The van der Waals surface area contributed by atoms with Gasteiger partial charge >= 0.3 is 0 Å². The smallest absolute Gasteiger partial charge is 0.00874 e. The van der Waals surface area contributed by atoms with Crippen LogP contribution in [-0.4, -0.2) is 19.1 Å². The number of rotatable bonds is 11. The number of nitrogens with zero attached hydrogens (tertiary/aromatic N) is 1. The Hall–Kier alpha value is -0.500. The van der Waals surface area contributed by atoms with E-state index in [1.807, 2.05) is 25.3 Å². The SMILES string of the molecule is CCCCCCCCCC/C=C/NN(C)C. The van der Waals surface area contributed by atoms with Crippen molar-refractivity contribution >= 4 is 0 Å². The van der Waals surface area contributed by atoms with Gasteiger partial charge in [0.1, 0.15) is 0 Å². The Morgan fingerprint density at radius 3 is 2.00 bits per heavy atom. The topological polar surface area (TPSA) is 15.3 Å². The van der Waals surface area contributed by atoms with E-state index in [9.17, 15) is 0 Å². The van der Waals surface area contributed by atoms with Gasteiger partial charge in [-0.25, -0.2) is 5.01 Å². The summed E-state index contributed by atoms with van der Waals surface area (Å²) in [7, 11) is 4.00. The zero-order valence-corrected chi connectivity index (χ0v) is 11.5. The van der Waals surface area contributed by atoms with Crippen molar-refractivity contribution in [2.45, 2.75) is 64.7 Å². The van der Waals surface area contributed by atoms with Gasteiger partial charge in [-0.1, -0.05) is 57.9 Å². The lowest BCUT2D eigenvalue weighted by molar-refractivity contribution is 0.342. The van der Waals surface area contributed by atoms with Crippen LogP contribution in [0.5, 0.6) is 0 Å². The summed E-state index contributed by atoms with van der Waals surface area (Å²) in [5.41, 5.74) is 3.12. The third kappa shape index (κ3) is 13.5. The van der Waals surface area contributed by atoms with Crippen LogP contribution in [0.1, 0.15) is 64.7 Å². The summed E-state index contributed by atoms with van der Waals surface area (Å²) in [6.45, 7) is 2.27. The van der Waals surface area contributed by atoms with Gasteiger partial charge in [-0.3, -0.25) is 0 Å². The van der Waals surface area contributed by atoms with Crippen LogP contribution in [0, 0.1) is 0 Å². The van der Waals surface area contributed by atoms with Crippen LogP contribution in [0.25, 0.3) is 0 Å². The molecular formula is C14H30N2. The molecule has 96 valence electrons. The van der Waals surface area contributed by atoms with Gasteiger partial charge in [0.15, 0.2) is 0 Å². The number of hydrogen-bond acceptors (Lipinski definition) is 2. The number of hydrazine groups is 1. The minimum atomic E-state index is 1.20. The highest BCUT2D eigenvalue weighted by atomic mass is 15.5. The van der Waals surface area contributed by atoms with Crippen LogP contribution in [0.3, 0.4) is 0 Å². The molecule has 0 bridgehead atoms. The average Bonchev–Trinajstić information content (AvgIpc) is 2.25. The molecule has 0 aromatic heterocycles. The molecule has 2 heteroatoms. The highest BCUT2D eigenvalue weighted by molar-refractivity contribution is 4.77. The van der Waals surface area contributed by atoms with Gasteiger partial charge in [0.25, 0.3) is 0 Å². The zero-order chi connectivity index (χ0) is 12.1. The van der Waals surface area contributed by atoms with Gasteiger partial charge in [-0.15, -0.1) is 0 Å². The Bertz CT molecular complexity index is 153. The summed E-state index contributed by atoms with van der Waals surface area (Å²) in [4.78, 5) is 0. The van der Waals surface area contributed by atoms with E-state index in [-0.39, 0.29) is 0 Å². The molecule has 16 heavy (non-hydrogen) atoms. The van der Waals surface area contributed by atoms with E-state index in [4.69, 9.17) is 0 Å². The lowest BCUT2D eigenvalue weighted by Crippen LogP contribution is -2.24. The maximum absolute atomic E-state index is 3.12. The summed E-state index contributed by atoms with van der Waals surface area (Å²) in [5.74, 6) is 0. The Morgan fingerprint density at radius 2 is 1.44 bits per heavy atom. The first-order chi connectivity index (χ1) is 7.77. The van der Waals surface area contributed by atoms with Crippen LogP contribution >= 0.6 is 0 Å². The summed E-state index contributed by atoms with van der Waals surface area (Å²) >= 11 is 0. The molecule has 0 aromatic carbocycles. The van der Waals surface area contributed by atoms with Crippen molar-refractivity contribution in [3.63, 3.8) is 0 Å². The molecule has 1 N–H and O–H groups in total. The van der Waals surface area contributed by atoms with Crippen LogP contribution in [0.15, 0.2) is 12.3 Å². The molecule has 0 fully saturated rings. The molecule has 0 aliphatic heterocycles.